The van der Waals surface area contributed by atoms with E-state index in [1.54, 1.807) is 0 Å². The molecule has 1 N–H and O–H groups in total. The number of aryl methyl sites for hydroxylation is 1. The third kappa shape index (κ3) is 3.15. The van der Waals surface area contributed by atoms with E-state index in [4.69, 9.17) is 0 Å². The van der Waals surface area contributed by atoms with Crippen molar-refractivity contribution in [3.8, 4) is 5.75 Å². The Morgan fingerprint density at radius 3 is 2.20 bits per heavy atom. The minimum atomic E-state index is 0.393. The van der Waals surface area contributed by atoms with Crippen molar-refractivity contribution in [2.75, 3.05) is 18.0 Å². The van der Waals surface area contributed by atoms with Gasteiger partial charge in [0.15, 0.2) is 0 Å². The molecule has 0 unspecified atom stereocenters. The van der Waals surface area contributed by atoms with Gasteiger partial charge in [-0.1, -0.05) is 19.9 Å². The molecule has 0 saturated heterocycles. The molecule has 0 atom stereocenters. The van der Waals surface area contributed by atoms with Crippen LogP contribution in [0.4, 0.5) is 5.69 Å². The minimum absolute atomic E-state index is 0.393. The van der Waals surface area contributed by atoms with Gasteiger partial charge in [-0.05, 0) is 31.4 Å². The van der Waals surface area contributed by atoms with Crippen LogP contribution in [0.15, 0.2) is 18.2 Å². The first-order valence-electron chi connectivity index (χ1n) is 5.73. The van der Waals surface area contributed by atoms with E-state index in [-0.39, 0.29) is 0 Å². The topological polar surface area (TPSA) is 23.5 Å². The predicted octanol–water partition coefficient (Wildman–Crippen LogP) is 3.33. The third-order valence-corrected chi connectivity index (χ3v) is 2.54. The summed E-state index contributed by atoms with van der Waals surface area (Å²) in [6.07, 6.45) is 2.27. The smallest absolute Gasteiger partial charge is 0.120 e. The fourth-order valence-corrected chi connectivity index (χ4v) is 1.70. The molecule has 1 aromatic carbocycles. The van der Waals surface area contributed by atoms with Crippen molar-refractivity contribution in [1.82, 2.24) is 0 Å². The van der Waals surface area contributed by atoms with Crippen LogP contribution in [0.25, 0.3) is 0 Å². The average molecular weight is 207 g/mol. The Balaban J connectivity index is 2.85. The summed E-state index contributed by atoms with van der Waals surface area (Å²) < 4.78 is 0. The van der Waals surface area contributed by atoms with E-state index < -0.39 is 0 Å². The molecule has 0 aliphatic heterocycles. The van der Waals surface area contributed by atoms with Gasteiger partial charge in [-0.2, -0.15) is 0 Å². The van der Waals surface area contributed by atoms with Gasteiger partial charge in [0.1, 0.15) is 5.75 Å². The molecule has 0 amide bonds. The van der Waals surface area contributed by atoms with Crippen molar-refractivity contribution in [3.05, 3.63) is 23.8 Å². The molecular weight excluding hydrogens is 186 g/mol. The Labute approximate surface area is 92.5 Å². The van der Waals surface area contributed by atoms with Crippen LogP contribution < -0.4 is 4.90 Å². The van der Waals surface area contributed by atoms with Crippen LogP contribution in [0.2, 0.25) is 0 Å². The molecule has 0 fully saturated rings. The molecular formula is C13H21NO. The van der Waals surface area contributed by atoms with Gasteiger partial charge in [0.05, 0.1) is 0 Å². The van der Waals surface area contributed by atoms with Gasteiger partial charge in [0, 0.05) is 24.8 Å². The zero-order chi connectivity index (χ0) is 11.3. The molecule has 0 aliphatic carbocycles. The SMILES string of the molecule is CCCN(CCC)c1ccc(C)c(O)c1. The van der Waals surface area contributed by atoms with E-state index in [0.717, 1.165) is 37.2 Å². The van der Waals surface area contributed by atoms with E-state index in [1.165, 1.54) is 0 Å². The summed E-state index contributed by atoms with van der Waals surface area (Å²) in [7, 11) is 0. The molecule has 0 aromatic heterocycles. The number of benzene rings is 1. The van der Waals surface area contributed by atoms with Crippen LogP contribution in [-0.2, 0) is 0 Å². The predicted molar refractivity (Wildman–Crippen MR) is 65.6 cm³/mol. The Bertz CT molecular complexity index is 303. The Morgan fingerprint density at radius 1 is 1.13 bits per heavy atom. The highest BCUT2D eigenvalue weighted by molar-refractivity contribution is 5.53. The summed E-state index contributed by atoms with van der Waals surface area (Å²) >= 11 is 0. The molecule has 2 nitrogen and oxygen atoms in total. The van der Waals surface area contributed by atoms with E-state index in [0.29, 0.717) is 5.75 Å². The number of rotatable bonds is 5. The van der Waals surface area contributed by atoms with Crippen molar-refractivity contribution >= 4 is 5.69 Å². The number of aromatic hydroxyl groups is 1. The minimum Gasteiger partial charge on any atom is -0.508 e. The fraction of sp³-hybridized carbons (Fsp3) is 0.538. The molecule has 1 aromatic rings. The molecule has 2 heteroatoms. The molecule has 0 spiro atoms. The Kier molecular flexibility index (Phi) is 4.47. The van der Waals surface area contributed by atoms with Crippen LogP contribution >= 0.6 is 0 Å². The highest BCUT2D eigenvalue weighted by Gasteiger charge is 2.05. The number of phenols is 1. The molecule has 84 valence electrons. The first-order valence-corrected chi connectivity index (χ1v) is 5.73. The largest absolute Gasteiger partial charge is 0.508 e. The van der Waals surface area contributed by atoms with Gasteiger partial charge in [-0.3, -0.25) is 0 Å². The van der Waals surface area contributed by atoms with Gasteiger partial charge in [-0.25, -0.2) is 0 Å². The lowest BCUT2D eigenvalue weighted by Crippen LogP contribution is -2.24. The van der Waals surface area contributed by atoms with E-state index >= 15 is 0 Å². The maximum Gasteiger partial charge on any atom is 0.120 e. The second-order valence-corrected chi connectivity index (χ2v) is 3.96. The number of hydrogen-bond acceptors (Lipinski definition) is 2. The summed E-state index contributed by atoms with van der Waals surface area (Å²) in [5, 5.41) is 9.66. The van der Waals surface area contributed by atoms with E-state index in [2.05, 4.69) is 24.8 Å². The standard InChI is InChI=1S/C13H21NO/c1-4-8-14(9-5-2)12-7-6-11(3)13(15)10-12/h6-7,10,15H,4-5,8-9H2,1-3H3. The lowest BCUT2D eigenvalue weighted by atomic mass is 10.2. The molecule has 15 heavy (non-hydrogen) atoms. The maximum absolute atomic E-state index is 9.66. The van der Waals surface area contributed by atoms with E-state index in [9.17, 15) is 5.11 Å². The lowest BCUT2D eigenvalue weighted by molar-refractivity contribution is 0.471. The van der Waals surface area contributed by atoms with Gasteiger partial charge >= 0.3 is 0 Å². The van der Waals surface area contributed by atoms with Gasteiger partial charge in [0.2, 0.25) is 0 Å². The highest BCUT2D eigenvalue weighted by Crippen LogP contribution is 2.24. The van der Waals surface area contributed by atoms with Crippen LogP contribution in [0.5, 0.6) is 5.75 Å². The Morgan fingerprint density at radius 2 is 1.73 bits per heavy atom. The average Bonchev–Trinajstić information content (AvgIpc) is 2.22. The van der Waals surface area contributed by atoms with Crippen molar-refractivity contribution in [2.24, 2.45) is 0 Å². The van der Waals surface area contributed by atoms with Gasteiger partial charge in [0.25, 0.3) is 0 Å². The second kappa shape index (κ2) is 5.64. The molecule has 0 radical (unpaired) electrons. The van der Waals surface area contributed by atoms with Crippen LogP contribution in [-0.4, -0.2) is 18.2 Å². The summed E-state index contributed by atoms with van der Waals surface area (Å²) in [5.41, 5.74) is 2.06. The first kappa shape index (κ1) is 11.9. The monoisotopic (exact) mass is 207 g/mol. The molecule has 0 heterocycles. The van der Waals surface area contributed by atoms with Crippen LogP contribution in [0, 0.1) is 6.92 Å². The number of anilines is 1. The van der Waals surface area contributed by atoms with Crippen molar-refractivity contribution in [3.63, 3.8) is 0 Å². The fourth-order valence-electron chi connectivity index (χ4n) is 1.70. The van der Waals surface area contributed by atoms with Crippen molar-refractivity contribution < 1.29 is 5.11 Å². The molecule has 0 bridgehead atoms. The summed E-state index contributed by atoms with van der Waals surface area (Å²) in [6, 6.07) is 5.92. The quantitative estimate of drug-likeness (QED) is 0.800. The summed E-state index contributed by atoms with van der Waals surface area (Å²) in [4.78, 5) is 2.32. The van der Waals surface area contributed by atoms with E-state index in [1.807, 2.05) is 19.1 Å². The zero-order valence-electron chi connectivity index (χ0n) is 9.95. The third-order valence-electron chi connectivity index (χ3n) is 2.54. The molecule has 0 saturated carbocycles. The van der Waals surface area contributed by atoms with Crippen molar-refractivity contribution in [2.45, 2.75) is 33.6 Å². The molecule has 1 rings (SSSR count). The molecule has 0 aliphatic rings. The highest BCUT2D eigenvalue weighted by atomic mass is 16.3. The maximum atomic E-state index is 9.66. The summed E-state index contributed by atoms with van der Waals surface area (Å²) in [6.45, 7) is 8.38. The normalized spacial score (nSPS) is 10.3. The number of phenolic OH excluding ortho intramolecular Hbond substituents is 1. The lowest BCUT2D eigenvalue weighted by Gasteiger charge is -2.24. The van der Waals surface area contributed by atoms with Gasteiger partial charge < -0.3 is 10.0 Å². The first-order chi connectivity index (χ1) is 7.19. The summed E-state index contributed by atoms with van der Waals surface area (Å²) in [5.74, 6) is 0.393. The van der Waals surface area contributed by atoms with Crippen LogP contribution in [0.3, 0.4) is 0 Å². The zero-order valence-corrected chi connectivity index (χ0v) is 9.95. The Hall–Kier alpha value is -1.18. The number of nitrogens with zero attached hydrogens (tertiary/aromatic N) is 1. The van der Waals surface area contributed by atoms with Gasteiger partial charge in [-0.15, -0.1) is 0 Å². The number of hydrogen-bond donors (Lipinski definition) is 1. The van der Waals surface area contributed by atoms with Crippen LogP contribution in [0.1, 0.15) is 32.3 Å². The van der Waals surface area contributed by atoms with Crippen molar-refractivity contribution in [1.29, 1.82) is 0 Å². The second-order valence-electron chi connectivity index (χ2n) is 3.96.